The van der Waals surface area contributed by atoms with Gasteiger partial charge < -0.3 is 10.0 Å². The first-order valence-corrected chi connectivity index (χ1v) is 9.69. The van der Waals surface area contributed by atoms with Gasteiger partial charge in [0.15, 0.2) is 0 Å². The van der Waals surface area contributed by atoms with Crippen LogP contribution in [0, 0.1) is 0 Å². The zero-order valence-electron chi connectivity index (χ0n) is 16.4. The van der Waals surface area contributed by atoms with Gasteiger partial charge in [-0.15, -0.1) is 5.10 Å². The van der Waals surface area contributed by atoms with Crippen molar-refractivity contribution >= 4 is 17.7 Å². The number of hydrogen-bond acceptors (Lipinski definition) is 6. The van der Waals surface area contributed by atoms with Crippen LogP contribution in [0.5, 0.6) is 0 Å². The summed E-state index contributed by atoms with van der Waals surface area (Å²) in [7, 11) is 0. The number of aromatic nitrogens is 3. The minimum Gasteiger partial charge on any atom is -0.390 e. The van der Waals surface area contributed by atoms with E-state index in [1.54, 1.807) is 29.9 Å². The number of imide groups is 1. The average molecular weight is 397 g/mol. The van der Waals surface area contributed by atoms with E-state index in [0.717, 1.165) is 11.3 Å². The summed E-state index contributed by atoms with van der Waals surface area (Å²) in [6, 6.07) is 4.73. The topological polar surface area (TPSA) is 117 Å². The smallest absolute Gasteiger partial charge is 0.255 e. The molecule has 0 saturated carbocycles. The number of carbonyl (C=O) groups is 3. The molecule has 1 fully saturated rings. The summed E-state index contributed by atoms with van der Waals surface area (Å²) in [5, 5.41) is 20.8. The van der Waals surface area contributed by atoms with Crippen molar-refractivity contribution in [3.05, 3.63) is 41.2 Å². The Morgan fingerprint density at radius 1 is 1.31 bits per heavy atom. The third-order valence-electron chi connectivity index (χ3n) is 5.64. The van der Waals surface area contributed by atoms with Crippen molar-refractivity contribution in [3.63, 3.8) is 0 Å². The molecule has 9 heteroatoms. The van der Waals surface area contributed by atoms with Gasteiger partial charge in [0.1, 0.15) is 6.04 Å². The Kier molecular flexibility index (Phi) is 4.70. The zero-order chi connectivity index (χ0) is 20.8. The summed E-state index contributed by atoms with van der Waals surface area (Å²) < 4.78 is 1.61. The van der Waals surface area contributed by atoms with Gasteiger partial charge in [-0.25, -0.2) is 4.68 Å². The Hall–Kier alpha value is -3.07. The van der Waals surface area contributed by atoms with Gasteiger partial charge in [0, 0.05) is 24.9 Å². The molecule has 3 heterocycles. The summed E-state index contributed by atoms with van der Waals surface area (Å²) >= 11 is 0. The van der Waals surface area contributed by atoms with E-state index in [2.05, 4.69) is 15.6 Å². The standard InChI is InChI=1S/C20H23N5O4/c1-3-20(2,29)9-13-11-25(23-22-13)14-4-5-15-12(8-14)10-24(19(15)28)16-6-7-17(26)21-18(16)27/h4-5,8,11,16,29H,3,6-7,9-10H2,1-2H3,(H,21,26,27). The molecule has 0 radical (unpaired) electrons. The highest BCUT2D eigenvalue weighted by molar-refractivity contribution is 6.05. The average Bonchev–Trinajstić information content (AvgIpc) is 3.26. The number of piperidine rings is 1. The second-order valence-electron chi connectivity index (χ2n) is 7.92. The molecule has 2 aromatic rings. The molecule has 0 spiro atoms. The second kappa shape index (κ2) is 7.07. The van der Waals surface area contributed by atoms with Crippen LogP contribution in [0.2, 0.25) is 0 Å². The van der Waals surface area contributed by atoms with Crippen molar-refractivity contribution in [1.82, 2.24) is 25.2 Å². The lowest BCUT2D eigenvalue weighted by atomic mass is 9.98. The molecule has 29 heavy (non-hydrogen) atoms. The van der Waals surface area contributed by atoms with E-state index in [4.69, 9.17) is 0 Å². The van der Waals surface area contributed by atoms with Crippen LogP contribution >= 0.6 is 0 Å². The summed E-state index contributed by atoms with van der Waals surface area (Å²) in [5.41, 5.74) is 1.94. The highest BCUT2D eigenvalue weighted by atomic mass is 16.3. The molecule has 2 aliphatic heterocycles. The molecule has 0 aliphatic carbocycles. The lowest BCUT2D eigenvalue weighted by Gasteiger charge is -2.29. The molecule has 4 rings (SSSR count). The molecule has 2 unspecified atom stereocenters. The number of amides is 3. The molecule has 1 aromatic heterocycles. The molecular formula is C20H23N5O4. The van der Waals surface area contributed by atoms with E-state index >= 15 is 0 Å². The van der Waals surface area contributed by atoms with Gasteiger partial charge in [-0.05, 0) is 43.5 Å². The van der Waals surface area contributed by atoms with Crippen molar-refractivity contribution in [1.29, 1.82) is 0 Å². The Labute approximate surface area is 167 Å². The van der Waals surface area contributed by atoms with Gasteiger partial charge in [0.25, 0.3) is 5.91 Å². The minimum atomic E-state index is -0.840. The maximum Gasteiger partial charge on any atom is 0.255 e. The van der Waals surface area contributed by atoms with Crippen LogP contribution in [-0.2, 0) is 22.6 Å². The second-order valence-corrected chi connectivity index (χ2v) is 7.92. The molecule has 2 atom stereocenters. The van der Waals surface area contributed by atoms with Crippen LogP contribution in [0.4, 0.5) is 0 Å². The number of fused-ring (bicyclic) bond motifs is 1. The van der Waals surface area contributed by atoms with E-state index in [1.807, 2.05) is 13.0 Å². The number of benzene rings is 1. The Bertz CT molecular complexity index is 997. The number of nitrogens with one attached hydrogen (secondary N) is 1. The Balaban J connectivity index is 1.54. The van der Waals surface area contributed by atoms with Crippen molar-refractivity contribution in [2.24, 2.45) is 0 Å². The van der Waals surface area contributed by atoms with E-state index in [1.165, 1.54) is 4.90 Å². The maximum atomic E-state index is 12.8. The predicted octanol–water partition coefficient (Wildman–Crippen LogP) is 0.732. The highest BCUT2D eigenvalue weighted by Gasteiger charge is 2.39. The van der Waals surface area contributed by atoms with Crippen molar-refractivity contribution in [2.75, 3.05) is 0 Å². The van der Waals surface area contributed by atoms with Crippen LogP contribution in [0.15, 0.2) is 24.4 Å². The van der Waals surface area contributed by atoms with Gasteiger partial charge in [-0.1, -0.05) is 12.1 Å². The quantitative estimate of drug-likeness (QED) is 0.719. The van der Waals surface area contributed by atoms with E-state index < -0.39 is 17.6 Å². The van der Waals surface area contributed by atoms with Crippen LogP contribution < -0.4 is 5.32 Å². The number of aliphatic hydroxyl groups is 1. The van der Waals surface area contributed by atoms with Gasteiger partial charge in [0.2, 0.25) is 11.8 Å². The summed E-state index contributed by atoms with van der Waals surface area (Å²) in [4.78, 5) is 37.8. The molecule has 0 bridgehead atoms. The molecule has 2 aliphatic rings. The summed E-state index contributed by atoms with van der Waals surface area (Å²) in [6.07, 6.45) is 3.33. The van der Waals surface area contributed by atoms with Crippen LogP contribution in [-0.4, -0.2) is 54.4 Å². The van der Waals surface area contributed by atoms with Crippen molar-refractivity contribution in [2.45, 2.75) is 57.7 Å². The summed E-state index contributed by atoms with van der Waals surface area (Å²) in [5.74, 6) is -0.937. The lowest BCUT2D eigenvalue weighted by molar-refractivity contribution is -0.136. The summed E-state index contributed by atoms with van der Waals surface area (Å²) in [6.45, 7) is 3.98. The minimum absolute atomic E-state index is 0.209. The first-order chi connectivity index (χ1) is 13.8. The van der Waals surface area contributed by atoms with Gasteiger partial charge in [-0.3, -0.25) is 19.7 Å². The van der Waals surface area contributed by atoms with Crippen LogP contribution in [0.3, 0.4) is 0 Å². The predicted molar refractivity (Wildman–Crippen MR) is 102 cm³/mol. The van der Waals surface area contributed by atoms with Crippen LogP contribution in [0.25, 0.3) is 5.69 Å². The monoisotopic (exact) mass is 397 g/mol. The molecule has 2 N–H and O–H groups in total. The first kappa shape index (κ1) is 19.3. The molecular weight excluding hydrogens is 374 g/mol. The number of rotatable bonds is 5. The highest BCUT2D eigenvalue weighted by Crippen LogP contribution is 2.29. The van der Waals surface area contributed by atoms with E-state index in [9.17, 15) is 19.5 Å². The molecule has 1 saturated heterocycles. The Morgan fingerprint density at radius 2 is 2.10 bits per heavy atom. The largest absolute Gasteiger partial charge is 0.390 e. The molecule has 3 amide bonds. The van der Waals surface area contributed by atoms with Crippen molar-refractivity contribution in [3.8, 4) is 5.69 Å². The van der Waals surface area contributed by atoms with Gasteiger partial charge >= 0.3 is 0 Å². The molecule has 9 nitrogen and oxygen atoms in total. The lowest BCUT2D eigenvalue weighted by Crippen LogP contribution is -2.52. The third-order valence-corrected chi connectivity index (χ3v) is 5.64. The van der Waals surface area contributed by atoms with Crippen LogP contribution in [0.1, 0.15) is 54.7 Å². The van der Waals surface area contributed by atoms with Gasteiger partial charge in [-0.2, -0.15) is 0 Å². The maximum absolute atomic E-state index is 12.8. The van der Waals surface area contributed by atoms with Crippen molar-refractivity contribution < 1.29 is 19.5 Å². The SMILES string of the molecule is CCC(C)(O)Cc1cn(-c2ccc3c(c2)CN(C2CCC(=O)NC2=O)C3=O)nn1. The fraction of sp³-hybridized carbons (Fsp3) is 0.450. The number of carbonyl (C=O) groups excluding carboxylic acids is 3. The third kappa shape index (κ3) is 3.65. The normalized spacial score (nSPS) is 21.1. The first-order valence-electron chi connectivity index (χ1n) is 9.69. The zero-order valence-corrected chi connectivity index (χ0v) is 16.4. The molecule has 152 valence electrons. The number of nitrogens with zero attached hydrogens (tertiary/aromatic N) is 4. The Morgan fingerprint density at radius 3 is 2.83 bits per heavy atom. The molecule has 1 aromatic carbocycles. The number of hydrogen-bond donors (Lipinski definition) is 2. The fourth-order valence-corrected chi connectivity index (χ4v) is 3.72. The van der Waals surface area contributed by atoms with Gasteiger partial charge in [0.05, 0.1) is 23.2 Å². The van der Waals surface area contributed by atoms with E-state index in [0.29, 0.717) is 37.1 Å². The van der Waals surface area contributed by atoms with E-state index in [-0.39, 0.29) is 18.2 Å². The fourth-order valence-electron chi connectivity index (χ4n) is 3.72.